The monoisotopic (exact) mass is 641 g/mol. The summed E-state index contributed by atoms with van der Waals surface area (Å²) in [4.78, 5) is 10.3. The minimum atomic E-state index is -0.447. The van der Waals surface area contributed by atoms with Crippen molar-refractivity contribution in [1.29, 1.82) is 0 Å². The van der Waals surface area contributed by atoms with Gasteiger partial charge in [0, 0.05) is 54.3 Å². The lowest BCUT2D eigenvalue weighted by molar-refractivity contribution is 1.02. The van der Waals surface area contributed by atoms with Gasteiger partial charge >= 0.3 is 0 Å². The Morgan fingerprint density at radius 1 is 0.440 bits per heavy atom. The first-order valence-electron chi connectivity index (χ1n) is 19.1. The van der Waals surface area contributed by atoms with Gasteiger partial charge in [-0.2, -0.15) is 0 Å². The molecule has 11 aromatic rings. The molecule has 0 fully saturated rings. The summed E-state index contributed by atoms with van der Waals surface area (Å²) in [6.45, 7) is 0. The van der Waals surface area contributed by atoms with E-state index in [1.54, 1.807) is 0 Å². The van der Waals surface area contributed by atoms with E-state index in [0.29, 0.717) is 16.9 Å². The fourth-order valence-corrected chi connectivity index (χ4v) is 7.97. The fraction of sp³-hybridized carbons (Fsp3) is 0. The smallest absolute Gasteiger partial charge is 0.235 e. The molecule has 0 aliphatic carbocycles. The van der Waals surface area contributed by atoms with Crippen molar-refractivity contribution < 1.29 is 6.85 Å². The van der Waals surface area contributed by atoms with Crippen molar-refractivity contribution in [2.45, 2.75) is 0 Å². The van der Waals surface area contributed by atoms with Crippen molar-refractivity contribution in [1.82, 2.24) is 19.1 Å². The van der Waals surface area contributed by atoms with Crippen LogP contribution in [0.2, 0.25) is 0 Å². The highest BCUT2D eigenvalue weighted by atomic mass is 15.2. The second kappa shape index (κ2) is 10.4. The molecular formula is C46H28N4. The van der Waals surface area contributed by atoms with Gasteiger partial charge in [-0.3, -0.25) is 4.57 Å². The number of hydrogen-bond donors (Lipinski definition) is 0. The first-order valence-corrected chi connectivity index (χ1v) is 16.6. The van der Waals surface area contributed by atoms with Crippen LogP contribution in [-0.4, -0.2) is 19.1 Å². The van der Waals surface area contributed by atoms with E-state index < -0.39 is 18.1 Å². The molecule has 4 heteroatoms. The minimum absolute atomic E-state index is 0.0386. The van der Waals surface area contributed by atoms with Gasteiger partial charge in [0.05, 0.1) is 40.1 Å². The number of aromatic nitrogens is 4. The number of hydrogen-bond acceptors (Lipinski definition) is 2. The molecule has 0 aliphatic rings. The van der Waals surface area contributed by atoms with Gasteiger partial charge in [-0.15, -0.1) is 0 Å². The molecule has 0 atom stereocenters. The molecular weight excluding hydrogens is 609 g/mol. The Labute approximate surface area is 294 Å². The summed E-state index contributed by atoms with van der Waals surface area (Å²) in [6, 6.07) is 45.8. The zero-order valence-electron chi connectivity index (χ0n) is 31.6. The summed E-state index contributed by atoms with van der Waals surface area (Å²) >= 11 is 0. The van der Waals surface area contributed by atoms with Crippen LogP contribution in [0.15, 0.2) is 170 Å². The summed E-state index contributed by atoms with van der Waals surface area (Å²) in [7, 11) is 0. The average Bonchev–Trinajstić information content (AvgIpc) is 3.77. The molecule has 4 nitrogen and oxygen atoms in total. The van der Waals surface area contributed by atoms with E-state index in [-0.39, 0.29) is 23.3 Å². The predicted molar refractivity (Wildman–Crippen MR) is 209 cm³/mol. The van der Waals surface area contributed by atoms with Crippen molar-refractivity contribution in [3.05, 3.63) is 170 Å². The van der Waals surface area contributed by atoms with Gasteiger partial charge in [0.15, 0.2) is 0 Å². The second-order valence-electron chi connectivity index (χ2n) is 12.6. The molecule has 0 saturated carbocycles. The molecule has 3 aromatic heterocycles. The number of nitrogens with zero attached hydrogens (tertiary/aromatic N) is 4. The highest BCUT2D eigenvalue weighted by Gasteiger charge is 2.26. The van der Waals surface area contributed by atoms with Crippen LogP contribution in [0, 0.1) is 0 Å². The fourth-order valence-electron chi connectivity index (χ4n) is 7.97. The molecule has 11 rings (SSSR count). The van der Waals surface area contributed by atoms with Crippen molar-refractivity contribution in [3.8, 4) is 22.9 Å². The number of benzene rings is 8. The van der Waals surface area contributed by atoms with E-state index in [1.165, 1.54) is 0 Å². The molecule has 0 amide bonds. The maximum Gasteiger partial charge on any atom is 0.235 e. The topological polar surface area (TPSA) is 35.6 Å². The highest BCUT2D eigenvalue weighted by molar-refractivity contribution is 6.38. The van der Waals surface area contributed by atoms with Crippen LogP contribution >= 0.6 is 0 Å². The molecule has 0 N–H and O–H groups in total. The molecule has 0 bridgehead atoms. The van der Waals surface area contributed by atoms with Crippen LogP contribution in [0.4, 0.5) is 0 Å². The Kier molecular flexibility index (Phi) is 4.71. The van der Waals surface area contributed by atoms with Crippen molar-refractivity contribution in [2.24, 2.45) is 0 Å². The molecule has 8 aromatic carbocycles. The van der Waals surface area contributed by atoms with Gasteiger partial charge < -0.3 is 4.57 Å². The van der Waals surface area contributed by atoms with E-state index in [0.717, 1.165) is 70.8 Å². The van der Waals surface area contributed by atoms with E-state index in [4.69, 9.17) is 16.8 Å². The van der Waals surface area contributed by atoms with Gasteiger partial charge in [-0.25, -0.2) is 9.97 Å². The summed E-state index contributed by atoms with van der Waals surface area (Å²) in [6.07, 6.45) is 0. The quantitative estimate of drug-likeness (QED) is 0.192. The Hall–Kier alpha value is -6.78. The van der Waals surface area contributed by atoms with Gasteiger partial charge in [-0.05, 0) is 29.7 Å². The maximum atomic E-state index is 8.92. The van der Waals surface area contributed by atoms with E-state index >= 15 is 0 Å². The van der Waals surface area contributed by atoms with Crippen molar-refractivity contribution in [3.63, 3.8) is 0 Å². The Balaban J connectivity index is 1.38. The van der Waals surface area contributed by atoms with Gasteiger partial charge in [0.1, 0.15) is 0 Å². The van der Waals surface area contributed by atoms with Gasteiger partial charge in [-0.1, -0.05) is 145 Å². The third-order valence-corrected chi connectivity index (χ3v) is 9.96. The summed E-state index contributed by atoms with van der Waals surface area (Å²) in [5.41, 5.74) is 6.01. The van der Waals surface area contributed by atoms with Crippen LogP contribution in [0.1, 0.15) is 6.85 Å². The van der Waals surface area contributed by atoms with Crippen LogP contribution in [-0.2, 0) is 0 Å². The zero-order valence-corrected chi connectivity index (χ0v) is 26.6. The predicted octanol–water partition coefficient (Wildman–Crippen LogP) is 11.8. The standard InChI is InChI=1S/C46H28N4/c1-3-16-30(17-4-1)42-35-23-11-13-25-38(35)47-46(48-42)50-39-26-14-12-24-36(39)40-41-37-28-27-29-15-7-8-20-32(29)43(37)49(31-18-5-2-6-19-31)44(41)33-21-9-10-22-34(33)45(40)50/h1-28H/i1D,3D,4D,16D,17D. The van der Waals surface area contributed by atoms with Crippen molar-refractivity contribution >= 4 is 76.1 Å². The third-order valence-electron chi connectivity index (χ3n) is 9.96. The molecule has 0 radical (unpaired) electrons. The molecule has 0 unspecified atom stereocenters. The third kappa shape index (κ3) is 3.70. The number of para-hydroxylation sites is 3. The molecule has 0 saturated heterocycles. The Morgan fingerprint density at radius 2 is 1.06 bits per heavy atom. The zero-order chi connectivity index (χ0) is 37.1. The largest absolute Gasteiger partial charge is 0.308 e. The van der Waals surface area contributed by atoms with E-state index in [2.05, 4.69) is 112 Å². The van der Waals surface area contributed by atoms with Crippen molar-refractivity contribution in [2.75, 3.05) is 0 Å². The summed E-state index contributed by atoms with van der Waals surface area (Å²) < 4.78 is 47.6. The lowest BCUT2D eigenvalue weighted by Gasteiger charge is -2.14. The van der Waals surface area contributed by atoms with E-state index in [1.807, 2.05) is 36.4 Å². The van der Waals surface area contributed by atoms with Crippen LogP contribution < -0.4 is 0 Å². The number of fused-ring (bicyclic) bond motifs is 13. The van der Waals surface area contributed by atoms with E-state index in [9.17, 15) is 0 Å². The maximum absolute atomic E-state index is 8.92. The molecule has 232 valence electrons. The molecule has 0 spiro atoms. The highest BCUT2D eigenvalue weighted by Crippen LogP contribution is 2.48. The average molecular weight is 642 g/mol. The Morgan fingerprint density at radius 3 is 1.86 bits per heavy atom. The minimum Gasteiger partial charge on any atom is -0.308 e. The molecule has 50 heavy (non-hydrogen) atoms. The van der Waals surface area contributed by atoms with Crippen LogP contribution in [0.25, 0.3) is 99.0 Å². The lowest BCUT2D eigenvalue weighted by atomic mass is 9.98. The summed E-state index contributed by atoms with van der Waals surface area (Å²) in [5, 5.41) is 9.28. The van der Waals surface area contributed by atoms with Crippen LogP contribution in [0.5, 0.6) is 0 Å². The number of rotatable bonds is 3. The SMILES string of the molecule is [2H]c1c([2H])c([2H])c(-c2nc(-n3c4ccccc4c4c5c6ccc7ccccc7c6n(-c6ccccc6)c5c5ccccc5c43)nc3ccccc23)c([2H])c1[2H]. The normalized spacial score (nSPS) is 13.4. The first kappa shape index (κ1) is 22.7. The molecule has 0 aliphatic heterocycles. The Bertz CT molecular complexity index is 3410. The van der Waals surface area contributed by atoms with Gasteiger partial charge in [0.2, 0.25) is 5.95 Å². The lowest BCUT2D eigenvalue weighted by Crippen LogP contribution is -2.04. The van der Waals surface area contributed by atoms with Crippen LogP contribution in [0.3, 0.4) is 0 Å². The second-order valence-corrected chi connectivity index (χ2v) is 12.6. The van der Waals surface area contributed by atoms with Gasteiger partial charge in [0.25, 0.3) is 0 Å². The molecule has 3 heterocycles. The summed E-state index contributed by atoms with van der Waals surface area (Å²) in [5.74, 6) is 0.341. The first-order chi connectivity index (χ1) is 26.9.